The number of benzene rings is 2. The Kier molecular flexibility index (Phi) is 3.80. The molecule has 5 heteroatoms. The second-order valence-corrected chi connectivity index (χ2v) is 4.97. The van der Waals surface area contributed by atoms with Crippen molar-refractivity contribution < 1.29 is 9.63 Å². The lowest BCUT2D eigenvalue weighted by Crippen LogP contribution is -2.20. The first-order valence-electron chi connectivity index (χ1n) is 6.87. The van der Waals surface area contributed by atoms with E-state index in [4.69, 9.17) is 4.84 Å². The maximum absolute atomic E-state index is 12.3. The molecule has 0 atom stereocenters. The van der Waals surface area contributed by atoms with Gasteiger partial charge in [-0.2, -0.15) is 0 Å². The SMILES string of the molecule is CN(C)OC(=O)c1nc(-c2ccccc2)nc2ccccc12. The molecular formula is C17H15N3O2. The summed E-state index contributed by atoms with van der Waals surface area (Å²) >= 11 is 0. The fourth-order valence-corrected chi connectivity index (χ4v) is 2.16. The van der Waals surface area contributed by atoms with Crippen LogP contribution in [0, 0.1) is 0 Å². The third-order valence-corrected chi connectivity index (χ3v) is 3.09. The summed E-state index contributed by atoms with van der Waals surface area (Å²) in [5, 5.41) is 2.02. The number of nitrogens with zero attached hydrogens (tertiary/aromatic N) is 3. The Morgan fingerprint density at radius 3 is 2.36 bits per heavy atom. The summed E-state index contributed by atoms with van der Waals surface area (Å²) in [6.45, 7) is 0. The Labute approximate surface area is 128 Å². The second kappa shape index (κ2) is 5.91. The highest BCUT2D eigenvalue weighted by Gasteiger charge is 2.17. The molecule has 0 bridgehead atoms. The van der Waals surface area contributed by atoms with Crippen molar-refractivity contribution in [2.24, 2.45) is 0 Å². The molecule has 0 spiro atoms. The number of carbonyl (C=O) groups is 1. The largest absolute Gasteiger partial charge is 0.376 e. The van der Waals surface area contributed by atoms with Gasteiger partial charge in [0.15, 0.2) is 11.5 Å². The number of carbonyl (C=O) groups excluding carboxylic acids is 1. The van der Waals surface area contributed by atoms with E-state index in [2.05, 4.69) is 9.97 Å². The summed E-state index contributed by atoms with van der Waals surface area (Å²) in [5.41, 5.74) is 1.83. The molecule has 0 N–H and O–H groups in total. The van der Waals surface area contributed by atoms with E-state index in [-0.39, 0.29) is 5.69 Å². The van der Waals surface area contributed by atoms with E-state index in [1.54, 1.807) is 14.1 Å². The van der Waals surface area contributed by atoms with Crippen molar-refractivity contribution in [2.75, 3.05) is 14.1 Å². The van der Waals surface area contributed by atoms with Gasteiger partial charge in [0, 0.05) is 25.0 Å². The normalized spacial score (nSPS) is 10.9. The number of fused-ring (bicyclic) bond motifs is 1. The molecule has 0 amide bonds. The predicted molar refractivity (Wildman–Crippen MR) is 84.1 cm³/mol. The van der Waals surface area contributed by atoms with Crippen molar-refractivity contribution >= 4 is 16.9 Å². The quantitative estimate of drug-likeness (QED) is 0.695. The summed E-state index contributed by atoms with van der Waals surface area (Å²) in [6.07, 6.45) is 0. The molecule has 0 aliphatic carbocycles. The highest BCUT2D eigenvalue weighted by atomic mass is 16.7. The molecule has 0 saturated heterocycles. The summed E-state index contributed by atoms with van der Waals surface area (Å²) in [4.78, 5) is 26.4. The van der Waals surface area contributed by atoms with Crippen LogP contribution in [0.4, 0.5) is 0 Å². The molecular weight excluding hydrogens is 278 g/mol. The molecule has 110 valence electrons. The highest BCUT2D eigenvalue weighted by molar-refractivity contribution is 6.02. The van der Waals surface area contributed by atoms with Crippen LogP contribution in [0.25, 0.3) is 22.3 Å². The van der Waals surface area contributed by atoms with Crippen LogP contribution in [-0.2, 0) is 4.84 Å². The molecule has 3 aromatic rings. The van der Waals surface area contributed by atoms with E-state index in [0.29, 0.717) is 16.7 Å². The Hall–Kier alpha value is -2.79. The van der Waals surface area contributed by atoms with Gasteiger partial charge in [0.1, 0.15) is 0 Å². The zero-order chi connectivity index (χ0) is 15.5. The third kappa shape index (κ3) is 2.80. The zero-order valence-electron chi connectivity index (χ0n) is 12.4. The minimum Gasteiger partial charge on any atom is -0.363 e. The Bertz CT molecular complexity index is 817. The van der Waals surface area contributed by atoms with E-state index < -0.39 is 5.97 Å². The van der Waals surface area contributed by atoms with Crippen molar-refractivity contribution in [1.29, 1.82) is 0 Å². The molecule has 0 unspecified atom stereocenters. The monoisotopic (exact) mass is 293 g/mol. The van der Waals surface area contributed by atoms with Crippen LogP contribution >= 0.6 is 0 Å². The van der Waals surface area contributed by atoms with Crippen molar-refractivity contribution in [1.82, 2.24) is 15.0 Å². The van der Waals surface area contributed by atoms with E-state index >= 15 is 0 Å². The fourth-order valence-electron chi connectivity index (χ4n) is 2.16. The van der Waals surface area contributed by atoms with Gasteiger partial charge in [-0.25, -0.2) is 14.8 Å². The highest BCUT2D eigenvalue weighted by Crippen LogP contribution is 2.22. The van der Waals surface area contributed by atoms with Crippen molar-refractivity contribution in [3.63, 3.8) is 0 Å². The molecule has 0 fully saturated rings. The summed E-state index contributed by atoms with van der Waals surface area (Å²) < 4.78 is 0. The first-order valence-corrected chi connectivity index (χ1v) is 6.87. The van der Waals surface area contributed by atoms with Gasteiger partial charge in [0.25, 0.3) is 0 Å². The molecule has 3 rings (SSSR count). The van der Waals surface area contributed by atoms with Crippen LogP contribution < -0.4 is 0 Å². The number of para-hydroxylation sites is 1. The topological polar surface area (TPSA) is 55.3 Å². The van der Waals surface area contributed by atoms with Crippen LogP contribution in [0.1, 0.15) is 10.5 Å². The molecule has 0 radical (unpaired) electrons. The van der Waals surface area contributed by atoms with Gasteiger partial charge in [-0.3, -0.25) is 0 Å². The van der Waals surface area contributed by atoms with Gasteiger partial charge in [-0.1, -0.05) is 48.5 Å². The van der Waals surface area contributed by atoms with E-state index in [1.807, 2.05) is 54.6 Å². The molecule has 0 aliphatic rings. The second-order valence-electron chi connectivity index (χ2n) is 4.97. The van der Waals surface area contributed by atoms with Gasteiger partial charge in [-0.15, -0.1) is 5.06 Å². The molecule has 1 heterocycles. The average molecular weight is 293 g/mol. The Morgan fingerprint density at radius 2 is 1.64 bits per heavy atom. The maximum Gasteiger partial charge on any atom is 0.376 e. The van der Waals surface area contributed by atoms with Crippen molar-refractivity contribution in [2.45, 2.75) is 0 Å². The minimum absolute atomic E-state index is 0.262. The fraction of sp³-hybridized carbons (Fsp3) is 0.118. The standard InChI is InChI=1S/C17H15N3O2/c1-20(2)22-17(21)15-13-10-6-7-11-14(13)18-16(19-15)12-8-4-3-5-9-12/h3-11H,1-2H3. The molecule has 5 nitrogen and oxygen atoms in total. The smallest absolute Gasteiger partial charge is 0.363 e. The lowest BCUT2D eigenvalue weighted by molar-refractivity contribution is -0.0716. The van der Waals surface area contributed by atoms with Crippen LogP contribution in [0.15, 0.2) is 54.6 Å². The lowest BCUT2D eigenvalue weighted by Gasteiger charge is -2.12. The van der Waals surface area contributed by atoms with Gasteiger partial charge < -0.3 is 4.84 Å². The van der Waals surface area contributed by atoms with E-state index in [0.717, 1.165) is 5.56 Å². The van der Waals surface area contributed by atoms with Crippen LogP contribution in [-0.4, -0.2) is 35.1 Å². The number of aromatic nitrogens is 2. The number of hydroxylamine groups is 2. The maximum atomic E-state index is 12.3. The number of hydrogen-bond donors (Lipinski definition) is 0. The average Bonchev–Trinajstić information content (AvgIpc) is 2.54. The predicted octanol–water partition coefficient (Wildman–Crippen LogP) is 2.93. The number of rotatable bonds is 3. The Balaban J connectivity index is 2.19. The van der Waals surface area contributed by atoms with Gasteiger partial charge in [-0.05, 0) is 6.07 Å². The van der Waals surface area contributed by atoms with Crippen molar-refractivity contribution in [3.8, 4) is 11.4 Å². The molecule has 22 heavy (non-hydrogen) atoms. The number of hydrogen-bond acceptors (Lipinski definition) is 5. The first kappa shape index (κ1) is 14.2. The van der Waals surface area contributed by atoms with Gasteiger partial charge >= 0.3 is 5.97 Å². The van der Waals surface area contributed by atoms with Crippen LogP contribution in [0.5, 0.6) is 0 Å². The summed E-state index contributed by atoms with van der Waals surface area (Å²) in [5.74, 6) is 0.00536. The zero-order valence-corrected chi connectivity index (χ0v) is 12.4. The molecule has 0 saturated carbocycles. The Morgan fingerprint density at radius 1 is 0.955 bits per heavy atom. The summed E-state index contributed by atoms with van der Waals surface area (Å²) in [6, 6.07) is 17.0. The molecule has 1 aromatic heterocycles. The minimum atomic E-state index is -0.499. The molecule has 2 aromatic carbocycles. The van der Waals surface area contributed by atoms with Crippen molar-refractivity contribution in [3.05, 3.63) is 60.3 Å². The third-order valence-electron chi connectivity index (χ3n) is 3.09. The van der Waals surface area contributed by atoms with Crippen LogP contribution in [0.3, 0.4) is 0 Å². The van der Waals surface area contributed by atoms with Crippen LogP contribution in [0.2, 0.25) is 0 Å². The first-order chi connectivity index (χ1) is 10.6. The van der Waals surface area contributed by atoms with E-state index in [1.165, 1.54) is 5.06 Å². The molecule has 0 aliphatic heterocycles. The van der Waals surface area contributed by atoms with E-state index in [9.17, 15) is 4.79 Å². The van der Waals surface area contributed by atoms with Gasteiger partial charge in [0.05, 0.1) is 5.52 Å². The van der Waals surface area contributed by atoms with Gasteiger partial charge in [0.2, 0.25) is 0 Å². The summed E-state index contributed by atoms with van der Waals surface area (Å²) in [7, 11) is 3.30. The lowest BCUT2D eigenvalue weighted by atomic mass is 10.1.